The molecule has 0 bridgehead atoms. The van der Waals surface area contributed by atoms with Crippen LogP contribution in [0.4, 0.5) is 0 Å². The van der Waals surface area contributed by atoms with Gasteiger partial charge in [-0.3, -0.25) is 4.90 Å². The van der Waals surface area contributed by atoms with Crippen LogP contribution in [0.5, 0.6) is 0 Å². The Morgan fingerprint density at radius 1 is 1.03 bits per heavy atom. The predicted octanol–water partition coefficient (Wildman–Crippen LogP) is 3.33. The van der Waals surface area contributed by atoms with Crippen molar-refractivity contribution < 1.29 is 12.8 Å². The molecule has 0 saturated carbocycles. The molecule has 0 amide bonds. The van der Waals surface area contributed by atoms with Crippen molar-refractivity contribution >= 4 is 10.0 Å². The van der Waals surface area contributed by atoms with Gasteiger partial charge in [0.1, 0.15) is 0 Å². The lowest BCUT2D eigenvalue weighted by atomic mass is 10.1. The van der Waals surface area contributed by atoms with Gasteiger partial charge in [0.15, 0.2) is 11.6 Å². The average Bonchev–Trinajstić information content (AvgIpc) is 3.47. The van der Waals surface area contributed by atoms with Gasteiger partial charge in [-0.15, -0.1) is 0 Å². The molecule has 152 valence electrons. The van der Waals surface area contributed by atoms with Gasteiger partial charge in [-0.2, -0.15) is 0 Å². The molecule has 0 unspecified atom stereocenters. The smallest absolute Gasteiger partial charge is 0.267 e. The highest BCUT2D eigenvalue weighted by Crippen LogP contribution is 2.23. The molecule has 0 fully saturated rings. The Bertz CT molecular complexity index is 1260. The number of rotatable bonds is 5. The van der Waals surface area contributed by atoms with E-state index < -0.39 is 10.0 Å². The molecule has 3 aromatic heterocycles. The predicted molar refractivity (Wildman–Crippen MR) is 111 cm³/mol. The fourth-order valence-electron chi connectivity index (χ4n) is 3.73. The molecule has 0 aliphatic carbocycles. The minimum Gasteiger partial charge on any atom is -0.461 e. The summed E-state index contributed by atoms with van der Waals surface area (Å²) < 4.78 is 32.8. The van der Waals surface area contributed by atoms with E-state index in [-0.39, 0.29) is 4.90 Å². The number of fused-ring (bicyclic) bond motifs is 1. The molecule has 1 aromatic carbocycles. The first kappa shape index (κ1) is 18.8. The van der Waals surface area contributed by atoms with Gasteiger partial charge in [0, 0.05) is 49.7 Å². The minimum absolute atomic E-state index is 0.283. The fourth-order valence-corrected chi connectivity index (χ4v) is 5.11. The van der Waals surface area contributed by atoms with Crippen LogP contribution in [-0.2, 0) is 29.5 Å². The molecule has 0 saturated heterocycles. The maximum atomic E-state index is 13.0. The van der Waals surface area contributed by atoms with Crippen LogP contribution in [0.1, 0.15) is 17.0 Å². The molecule has 4 heterocycles. The molecule has 0 radical (unpaired) electrons. The number of nitrogens with zero attached hydrogens (tertiary/aromatic N) is 4. The lowest BCUT2D eigenvalue weighted by molar-refractivity contribution is 0.239. The van der Waals surface area contributed by atoms with Crippen molar-refractivity contribution in [1.29, 1.82) is 0 Å². The molecule has 7 nitrogen and oxygen atoms in total. The second-order valence-corrected chi connectivity index (χ2v) is 9.03. The van der Waals surface area contributed by atoms with Crippen molar-refractivity contribution in [2.24, 2.45) is 0 Å². The van der Waals surface area contributed by atoms with Crippen LogP contribution in [0.15, 0.2) is 82.6 Å². The second kappa shape index (κ2) is 7.55. The summed E-state index contributed by atoms with van der Waals surface area (Å²) in [6.07, 6.45) is 5.83. The van der Waals surface area contributed by atoms with E-state index in [4.69, 9.17) is 4.42 Å². The Balaban J connectivity index is 1.36. The van der Waals surface area contributed by atoms with Crippen LogP contribution in [0.2, 0.25) is 0 Å². The number of hydrogen-bond acceptors (Lipinski definition) is 6. The van der Waals surface area contributed by atoms with Crippen LogP contribution < -0.4 is 0 Å². The van der Waals surface area contributed by atoms with Crippen LogP contribution in [0.3, 0.4) is 0 Å². The summed E-state index contributed by atoms with van der Waals surface area (Å²) in [4.78, 5) is 11.6. The number of aromatic nitrogens is 3. The van der Waals surface area contributed by atoms with Gasteiger partial charge in [0.25, 0.3) is 10.0 Å². The van der Waals surface area contributed by atoms with E-state index in [0.717, 1.165) is 29.9 Å². The molecule has 4 aromatic rings. The fraction of sp³-hybridized carbons (Fsp3) is 0.182. The summed E-state index contributed by atoms with van der Waals surface area (Å²) in [7, 11) is -3.61. The maximum Gasteiger partial charge on any atom is 0.267 e. The lowest BCUT2D eigenvalue weighted by Gasteiger charge is -2.28. The van der Waals surface area contributed by atoms with Gasteiger partial charge in [-0.1, -0.05) is 18.2 Å². The Labute approximate surface area is 174 Å². The quantitative estimate of drug-likeness (QED) is 0.493. The van der Waals surface area contributed by atoms with Crippen molar-refractivity contribution in [3.8, 4) is 11.6 Å². The summed E-state index contributed by atoms with van der Waals surface area (Å²) in [6, 6.07) is 15.8. The number of hydrogen-bond donors (Lipinski definition) is 0. The van der Waals surface area contributed by atoms with Crippen molar-refractivity contribution in [3.63, 3.8) is 0 Å². The first-order valence-corrected chi connectivity index (χ1v) is 11.1. The lowest BCUT2D eigenvalue weighted by Crippen LogP contribution is -2.32. The van der Waals surface area contributed by atoms with Gasteiger partial charge in [-0.25, -0.2) is 22.4 Å². The van der Waals surface area contributed by atoms with Crippen LogP contribution in [-0.4, -0.2) is 33.8 Å². The van der Waals surface area contributed by atoms with Crippen molar-refractivity contribution in [2.45, 2.75) is 24.4 Å². The molecule has 0 N–H and O–H groups in total. The van der Waals surface area contributed by atoms with E-state index in [9.17, 15) is 8.42 Å². The molecule has 30 heavy (non-hydrogen) atoms. The zero-order valence-electron chi connectivity index (χ0n) is 16.2. The number of benzene rings is 1. The number of furan rings is 1. The second-order valence-electron chi connectivity index (χ2n) is 7.22. The molecule has 5 rings (SSSR count). The molecular formula is C22H20N4O3S. The highest BCUT2D eigenvalue weighted by atomic mass is 32.2. The monoisotopic (exact) mass is 420 g/mol. The molecule has 1 aliphatic heterocycles. The SMILES string of the molecule is O=S(=O)(c1ccccc1)n1cccc1CN1CCc2nc(-c3ccco3)ncc2C1. The van der Waals surface area contributed by atoms with E-state index in [0.29, 0.717) is 24.7 Å². The Hall–Kier alpha value is -3.23. The van der Waals surface area contributed by atoms with Crippen molar-refractivity contribution in [1.82, 2.24) is 18.8 Å². The zero-order valence-corrected chi connectivity index (χ0v) is 17.0. The van der Waals surface area contributed by atoms with E-state index in [1.54, 1.807) is 48.9 Å². The Kier molecular flexibility index (Phi) is 4.72. The first-order valence-electron chi connectivity index (χ1n) is 9.69. The molecular weight excluding hydrogens is 400 g/mol. The largest absolute Gasteiger partial charge is 0.461 e. The average molecular weight is 420 g/mol. The van der Waals surface area contributed by atoms with Crippen LogP contribution >= 0.6 is 0 Å². The summed E-state index contributed by atoms with van der Waals surface area (Å²) >= 11 is 0. The van der Waals surface area contributed by atoms with E-state index >= 15 is 0 Å². The van der Waals surface area contributed by atoms with Gasteiger partial charge < -0.3 is 4.42 Å². The molecule has 0 spiro atoms. The standard InChI is InChI=1S/C22H20N4O3S/c27-30(28,19-7-2-1-3-8-19)26-11-4-6-18(26)16-25-12-10-20-17(15-25)14-23-22(24-20)21-9-5-13-29-21/h1-9,11,13-14H,10,12,15-16H2. The van der Waals surface area contributed by atoms with Gasteiger partial charge in [-0.05, 0) is 36.4 Å². The summed E-state index contributed by atoms with van der Waals surface area (Å²) in [6.45, 7) is 1.99. The van der Waals surface area contributed by atoms with E-state index in [1.165, 1.54) is 3.97 Å². The Morgan fingerprint density at radius 3 is 2.70 bits per heavy atom. The highest BCUT2D eigenvalue weighted by Gasteiger charge is 2.23. The molecule has 8 heteroatoms. The normalized spacial score (nSPS) is 14.5. The van der Waals surface area contributed by atoms with Crippen LogP contribution in [0.25, 0.3) is 11.6 Å². The summed E-state index contributed by atoms with van der Waals surface area (Å²) in [5, 5.41) is 0. The zero-order chi connectivity index (χ0) is 20.6. The molecule has 1 aliphatic rings. The first-order chi connectivity index (χ1) is 14.6. The van der Waals surface area contributed by atoms with Crippen molar-refractivity contribution in [3.05, 3.63) is 90.2 Å². The summed E-state index contributed by atoms with van der Waals surface area (Å²) in [5.41, 5.74) is 2.80. The molecule has 0 atom stereocenters. The van der Waals surface area contributed by atoms with E-state index in [2.05, 4.69) is 14.9 Å². The van der Waals surface area contributed by atoms with Crippen molar-refractivity contribution in [2.75, 3.05) is 6.54 Å². The van der Waals surface area contributed by atoms with E-state index in [1.807, 2.05) is 24.4 Å². The third kappa shape index (κ3) is 3.44. The van der Waals surface area contributed by atoms with Gasteiger partial charge >= 0.3 is 0 Å². The van der Waals surface area contributed by atoms with Crippen LogP contribution in [0, 0.1) is 0 Å². The topological polar surface area (TPSA) is 81.2 Å². The minimum atomic E-state index is -3.61. The van der Waals surface area contributed by atoms with Gasteiger partial charge in [0.2, 0.25) is 0 Å². The maximum absolute atomic E-state index is 13.0. The highest BCUT2D eigenvalue weighted by molar-refractivity contribution is 7.90. The third-order valence-electron chi connectivity index (χ3n) is 5.23. The third-order valence-corrected chi connectivity index (χ3v) is 6.98. The van der Waals surface area contributed by atoms with Gasteiger partial charge in [0.05, 0.1) is 16.9 Å². The Morgan fingerprint density at radius 2 is 1.90 bits per heavy atom. The summed E-state index contributed by atoms with van der Waals surface area (Å²) in [5.74, 6) is 1.25.